The summed E-state index contributed by atoms with van der Waals surface area (Å²) in [7, 11) is 1.49. The second kappa shape index (κ2) is 11.6. The first-order valence-corrected chi connectivity index (χ1v) is 12.5. The molecular formula is C22H19BrCl2N2O4S2. The Hall–Kier alpha value is -1.78. The molecule has 2 amide bonds. The van der Waals surface area contributed by atoms with Crippen molar-refractivity contribution in [1.82, 2.24) is 4.90 Å². The average molecular weight is 590 g/mol. The Kier molecular flexibility index (Phi) is 9.06. The molecular weight excluding hydrogens is 571 g/mol. The molecule has 0 spiro atoms. The summed E-state index contributed by atoms with van der Waals surface area (Å²) < 4.78 is 12.2. The number of nitrogens with zero attached hydrogens (tertiary/aromatic N) is 1. The van der Waals surface area contributed by atoms with Crippen LogP contribution in [0.2, 0.25) is 10.0 Å². The summed E-state index contributed by atoms with van der Waals surface area (Å²) in [4.78, 5) is 27.1. The molecule has 1 aliphatic heterocycles. The minimum Gasteiger partial charge on any atom is -0.493 e. The van der Waals surface area contributed by atoms with Crippen molar-refractivity contribution in [2.45, 2.75) is 13.3 Å². The number of ether oxygens (including phenoxy) is 2. The van der Waals surface area contributed by atoms with Gasteiger partial charge < -0.3 is 14.8 Å². The lowest BCUT2D eigenvalue weighted by Gasteiger charge is -2.14. The summed E-state index contributed by atoms with van der Waals surface area (Å²) in [6.07, 6.45) is 2.57. The van der Waals surface area contributed by atoms with Gasteiger partial charge in [-0.2, -0.15) is 0 Å². The molecule has 11 heteroatoms. The molecule has 33 heavy (non-hydrogen) atoms. The predicted octanol–water partition coefficient (Wildman–Crippen LogP) is 6.39. The molecule has 0 aromatic heterocycles. The van der Waals surface area contributed by atoms with E-state index in [1.165, 1.54) is 18.9 Å². The highest BCUT2D eigenvalue weighted by Crippen LogP contribution is 2.39. The van der Waals surface area contributed by atoms with Crippen LogP contribution in [0.4, 0.5) is 5.69 Å². The molecule has 2 aromatic carbocycles. The van der Waals surface area contributed by atoms with Gasteiger partial charge in [-0.1, -0.05) is 60.2 Å². The highest BCUT2D eigenvalue weighted by atomic mass is 79.9. The largest absolute Gasteiger partial charge is 0.493 e. The van der Waals surface area contributed by atoms with Gasteiger partial charge in [0.25, 0.3) is 11.8 Å². The minimum absolute atomic E-state index is 0.112. The smallest absolute Gasteiger partial charge is 0.266 e. The van der Waals surface area contributed by atoms with Gasteiger partial charge in [0.15, 0.2) is 18.1 Å². The molecule has 3 rings (SSSR count). The number of benzene rings is 2. The first-order chi connectivity index (χ1) is 15.7. The van der Waals surface area contributed by atoms with E-state index in [9.17, 15) is 9.59 Å². The highest BCUT2D eigenvalue weighted by molar-refractivity contribution is 9.10. The van der Waals surface area contributed by atoms with Crippen LogP contribution in [0.1, 0.15) is 18.9 Å². The van der Waals surface area contributed by atoms with E-state index in [1.54, 1.807) is 41.3 Å². The number of hydrogen-bond donors (Lipinski definition) is 1. The molecule has 0 saturated carbocycles. The van der Waals surface area contributed by atoms with Crippen LogP contribution in [0, 0.1) is 0 Å². The van der Waals surface area contributed by atoms with E-state index in [2.05, 4.69) is 21.2 Å². The standard InChI is InChI=1S/C22H19BrCl2N2O4S2/c1-3-7-27-21(29)17(33-22(27)32)10-12-8-13(23)20(16(9-12)30-2)31-11-18(28)26-15-6-4-5-14(24)19(15)25/h4-6,8-10H,3,7,11H2,1-2H3,(H,26,28)/b17-10-. The van der Waals surface area contributed by atoms with Gasteiger partial charge in [0, 0.05) is 6.54 Å². The van der Waals surface area contributed by atoms with Crippen molar-refractivity contribution in [3.8, 4) is 11.5 Å². The summed E-state index contributed by atoms with van der Waals surface area (Å²) in [6.45, 7) is 2.30. The van der Waals surface area contributed by atoms with E-state index in [-0.39, 0.29) is 17.5 Å². The second-order valence-corrected chi connectivity index (χ2v) is 10.1. The first kappa shape index (κ1) is 25.8. The molecule has 0 aliphatic carbocycles. The van der Waals surface area contributed by atoms with Gasteiger partial charge in [0.2, 0.25) is 0 Å². The van der Waals surface area contributed by atoms with E-state index < -0.39 is 5.91 Å². The maximum atomic E-state index is 12.6. The zero-order valence-electron chi connectivity index (χ0n) is 17.6. The molecule has 0 radical (unpaired) electrons. The Bertz CT molecular complexity index is 1140. The number of nitrogens with one attached hydrogen (secondary N) is 1. The Morgan fingerprint density at radius 2 is 2.09 bits per heavy atom. The molecule has 0 atom stereocenters. The third-order valence-corrected chi connectivity index (χ3v) is 7.23. The Labute approximate surface area is 219 Å². The molecule has 1 saturated heterocycles. The molecule has 174 valence electrons. The van der Waals surface area contributed by atoms with Crippen molar-refractivity contribution in [3.05, 3.63) is 55.3 Å². The van der Waals surface area contributed by atoms with Crippen molar-refractivity contribution >= 4 is 91.0 Å². The van der Waals surface area contributed by atoms with Crippen molar-refractivity contribution < 1.29 is 19.1 Å². The summed E-state index contributed by atoms with van der Waals surface area (Å²) in [5, 5.41) is 3.24. The van der Waals surface area contributed by atoms with Gasteiger partial charge in [-0.25, -0.2) is 0 Å². The highest BCUT2D eigenvalue weighted by Gasteiger charge is 2.31. The zero-order valence-corrected chi connectivity index (χ0v) is 22.3. The number of halogens is 3. The van der Waals surface area contributed by atoms with E-state index in [4.69, 9.17) is 44.9 Å². The van der Waals surface area contributed by atoms with Crippen LogP contribution in [0.15, 0.2) is 39.7 Å². The average Bonchev–Trinajstić information content (AvgIpc) is 3.03. The number of carbonyl (C=O) groups excluding carboxylic acids is 2. The third kappa shape index (κ3) is 6.22. The normalized spacial score (nSPS) is 14.7. The Morgan fingerprint density at radius 1 is 1.33 bits per heavy atom. The molecule has 2 aromatic rings. The van der Waals surface area contributed by atoms with Gasteiger partial charge in [-0.15, -0.1) is 0 Å². The number of anilines is 1. The maximum Gasteiger partial charge on any atom is 0.266 e. The van der Waals surface area contributed by atoms with Gasteiger partial charge in [0.05, 0.1) is 32.2 Å². The molecule has 1 aliphatic rings. The second-order valence-electron chi connectivity index (χ2n) is 6.81. The van der Waals surface area contributed by atoms with E-state index >= 15 is 0 Å². The van der Waals surface area contributed by atoms with Gasteiger partial charge in [-0.3, -0.25) is 14.5 Å². The van der Waals surface area contributed by atoms with Crippen LogP contribution in [-0.2, 0) is 9.59 Å². The van der Waals surface area contributed by atoms with E-state index in [0.717, 1.165) is 12.0 Å². The molecule has 1 N–H and O–H groups in total. The number of rotatable bonds is 8. The lowest BCUT2D eigenvalue weighted by atomic mass is 10.2. The molecule has 1 fully saturated rings. The fraction of sp³-hybridized carbons (Fsp3) is 0.227. The summed E-state index contributed by atoms with van der Waals surface area (Å²) >= 11 is 22.1. The molecule has 1 heterocycles. The van der Waals surface area contributed by atoms with Crippen LogP contribution in [0.5, 0.6) is 11.5 Å². The Morgan fingerprint density at radius 3 is 2.79 bits per heavy atom. The van der Waals surface area contributed by atoms with Gasteiger partial charge >= 0.3 is 0 Å². The minimum atomic E-state index is -0.420. The quantitative estimate of drug-likeness (QED) is 0.284. The van der Waals surface area contributed by atoms with Crippen molar-refractivity contribution in [2.75, 3.05) is 25.6 Å². The number of hydrogen-bond acceptors (Lipinski definition) is 6. The van der Waals surface area contributed by atoms with Crippen LogP contribution in [0.25, 0.3) is 6.08 Å². The zero-order chi connectivity index (χ0) is 24.1. The fourth-order valence-corrected chi connectivity index (χ4v) is 5.19. The number of thiocarbonyl (C=S) groups is 1. The predicted molar refractivity (Wildman–Crippen MR) is 141 cm³/mol. The Balaban J connectivity index is 1.74. The number of amides is 2. The van der Waals surface area contributed by atoms with E-state index in [0.29, 0.717) is 42.5 Å². The van der Waals surface area contributed by atoms with Crippen LogP contribution < -0.4 is 14.8 Å². The topological polar surface area (TPSA) is 67.9 Å². The summed E-state index contributed by atoms with van der Waals surface area (Å²) in [6, 6.07) is 8.44. The van der Waals surface area contributed by atoms with Gasteiger partial charge in [-0.05, 0) is 58.3 Å². The summed E-state index contributed by atoms with van der Waals surface area (Å²) in [5.74, 6) is 0.212. The first-order valence-electron chi connectivity index (χ1n) is 9.74. The molecule has 0 unspecified atom stereocenters. The fourth-order valence-electron chi connectivity index (χ4n) is 2.96. The van der Waals surface area contributed by atoms with E-state index in [1.807, 2.05) is 6.92 Å². The third-order valence-electron chi connectivity index (χ3n) is 4.44. The maximum absolute atomic E-state index is 12.6. The van der Waals surface area contributed by atoms with Crippen molar-refractivity contribution in [2.24, 2.45) is 0 Å². The SMILES string of the molecule is CCCN1C(=O)/C(=C/c2cc(Br)c(OCC(=O)Nc3cccc(Cl)c3Cl)c(OC)c2)SC1=S. The number of methoxy groups -OCH3 is 1. The lowest BCUT2D eigenvalue weighted by Crippen LogP contribution is -2.28. The van der Waals surface area contributed by atoms with Crippen LogP contribution in [0.3, 0.4) is 0 Å². The monoisotopic (exact) mass is 588 g/mol. The van der Waals surface area contributed by atoms with Crippen LogP contribution >= 0.6 is 63.1 Å². The van der Waals surface area contributed by atoms with Crippen LogP contribution in [-0.4, -0.2) is 41.3 Å². The molecule has 6 nitrogen and oxygen atoms in total. The summed E-state index contributed by atoms with van der Waals surface area (Å²) in [5.41, 5.74) is 1.11. The lowest BCUT2D eigenvalue weighted by molar-refractivity contribution is -0.122. The van der Waals surface area contributed by atoms with Crippen molar-refractivity contribution in [1.29, 1.82) is 0 Å². The number of carbonyl (C=O) groups is 2. The van der Waals surface area contributed by atoms with Gasteiger partial charge in [0.1, 0.15) is 4.32 Å². The van der Waals surface area contributed by atoms with Crippen molar-refractivity contribution in [3.63, 3.8) is 0 Å². The number of thioether (sulfide) groups is 1. The molecule has 0 bridgehead atoms.